The molecule has 1 aromatic heterocycles. The van der Waals surface area contributed by atoms with Gasteiger partial charge >= 0.3 is 0 Å². The van der Waals surface area contributed by atoms with Gasteiger partial charge in [-0.25, -0.2) is 4.98 Å². The van der Waals surface area contributed by atoms with Crippen LogP contribution in [0.5, 0.6) is 0 Å². The molecule has 2 nitrogen and oxygen atoms in total. The first kappa shape index (κ1) is 15.0. The number of pyridine rings is 1. The van der Waals surface area contributed by atoms with E-state index in [9.17, 15) is 4.79 Å². The zero-order valence-corrected chi connectivity index (χ0v) is 13.7. The van der Waals surface area contributed by atoms with E-state index in [1.165, 1.54) is 0 Å². The predicted molar refractivity (Wildman–Crippen MR) is 91.8 cm³/mol. The quantitative estimate of drug-likeness (QED) is 0.577. The van der Waals surface area contributed by atoms with Crippen molar-refractivity contribution in [3.8, 4) is 11.3 Å². The molecule has 0 aliphatic rings. The van der Waals surface area contributed by atoms with E-state index in [-0.39, 0.29) is 0 Å². The summed E-state index contributed by atoms with van der Waals surface area (Å²) in [6.45, 7) is 3.90. The van der Waals surface area contributed by atoms with Crippen LogP contribution in [0.2, 0.25) is 5.02 Å². The highest BCUT2D eigenvalue weighted by Crippen LogP contribution is 2.31. The summed E-state index contributed by atoms with van der Waals surface area (Å²) >= 11 is 12.0. The average Bonchev–Trinajstić information content (AvgIpc) is 2.50. The second kappa shape index (κ2) is 5.71. The molecule has 0 fully saturated rings. The number of aromatic nitrogens is 1. The first-order valence-electron chi connectivity index (χ1n) is 6.84. The summed E-state index contributed by atoms with van der Waals surface area (Å²) < 4.78 is 0. The Morgan fingerprint density at radius 2 is 1.86 bits per heavy atom. The van der Waals surface area contributed by atoms with Crippen LogP contribution in [0.25, 0.3) is 22.2 Å². The van der Waals surface area contributed by atoms with Crippen LogP contribution in [0.1, 0.15) is 21.5 Å². The van der Waals surface area contributed by atoms with Gasteiger partial charge in [0.05, 0.1) is 11.2 Å². The highest BCUT2D eigenvalue weighted by atomic mass is 35.5. The Labute approximate surface area is 138 Å². The molecule has 0 aliphatic carbocycles. The van der Waals surface area contributed by atoms with Gasteiger partial charge in [0.15, 0.2) is 0 Å². The SMILES string of the molecule is Cc1cccc(-c2cc(C(=O)Cl)c3ccc(Cl)c(C)c3n2)c1. The number of aryl methyl sites for hydroxylation is 2. The Kier molecular flexibility index (Phi) is 3.90. The molecule has 0 saturated carbocycles. The Balaban J connectivity index is 2.37. The Morgan fingerprint density at radius 3 is 2.55 bits per heavy atom. The third kappa shape index (κ3) is 2.60. The summed E-state index contributed by atoms with van der Waals surface area (Å²) in [4.78, 5) is 16.5. The van der Waals surface area contributed by atoms with Gasteiger partial charge < -0.3 is 0 Å². The molecule has 0 aliphatic heterocycles. The monoisotopic (exact) mass is 329 g/mol. The van der Waals surface area contributed by atoms with Gasteiger partial charge in [0, 0.05) is 21.5 Å². The van der Waals surface area contributed by atoms with Crippen LogP contribution in [0.15, 0.2) is 42.5 Å². The molecule has 1 heterocycles. The Morgan fingerprint density at radius 1 is 1.09 bits per heavy atom. The predicted octanol–water partition coefficient (Wildman–Crippen LogP) is 5.55. The fraction of sp³-hybridized carbons (Fsp3) is 0.111. The molecule has 0 atom stereocenters. The molecular formula is C18H13Cl2NO. The van der Waals surface area contributed by atoms with Crippen LogP contribution in [-0.2, 0) is 0 Å². The van der Waals surface area contributed by atoms with Crippen molar-refractivity contribution in [1.29, 1.82) is 0 Å². The third-order valence-electron chi connectivity index (χ3n) is 3.69. The van der Waals surface area contributed by atoms with E-state index < -0.39 is 5.24 Å². The van der Waals surface area contributed by atoms with E-state index in [0.29, 0.717) is 21.8 Å². The van der Waals surface area contributed by atoms with Crippen molar-refractivity contribution in [2.24, 2.45) is 0 Å². The lowest BCUT2D eigenvalue weighted by Gasteiger charge is -2.10. The molecule has 0 N–H and O–H groups in total. The maximum Gasteiger partial charge on any atom is 0.253 e. The molecule has 0 spiro atoms. The van der Waals surface area contributed by atoms with Crippen molar-refractivity contribution in [1.82, 2.24) is 4.98 Å². The van der Waals surface area contributed by atoms with E-state index in [1.54, 1.807) is 18.2 Å². The minimum atomic E-state index is -0.497. The van der Waals surface area contributed by atoms with E-state index in [4.69, 9.17) is 28.2 Å². The Hall–Kier alpha value is -1.90. The van der Waals surface area contributed by atoms with Gasteiger partial charge in [0.1, 0.15) is 0 Å². The fourth-order valence-electron chi connectivity index (χ4n) is 2.52. The summed E-state index contributed by atoms with van der Waals surface area (Å²) in [6.07, 6.45) is 0. The molecule has 0 radical (unpaired) electrons. The minimum Gasteiger partial charge on any atom is -0.276 e. The van der Waals surface area contributed by atoms with Gasteiger partial charge in [0.25, 0.3) is 5.24 Å². The largest absolute Gasteiger partial charge is 0.276 e. The molecule has 0 saturated heterocycles. The first-order valence-corrected chi connectivity index (χ1v) is 7.59. The number of hydrogen-bond acceptors (Lipinski definition) is 2. The number of rotatable bonds is 2. The smallest absolute Gasteiger partial charge is 0.253 e. The van der Waals surface area contributed by atoms with E-state index in [0.717, 1.165) is 22.1 Å². The summed E-state index contributed by atoms with van der Waals surface area (Å²) in [5, 5.41) is 0.843. The van der Waals surface area contributed by atoms with Crippen molar-refractivity contribution in [3.05, 3.63) is 64.2 Å². The van der Waals surface area contributed by atoms with Crippen LogP contribution >= 0.6 is 23.2 Å². The van der Waals surface area contributed by atoms with Crippen LogP contribution in [0, 0.1) is 13.8 Å². The molecule has 2 aromatic carbocycles. The van der Waals surface area contributed by atoms with E-state index >= 15 is 0 Å². The van der Waals surface area contributed by atoms with Crippen LogP contribution < -0.4 is 0 Å². The lowest BCUT2D eigenvalue weighted by Crippen LogP contribution is -1.97. The molecule has 3 aromatic rings. The van der Waals surface area contributed by atoms with Crippen LogP contribution in [0.3, 0.4) is 0 Å². The van der Waals surface area contributed by atoms with Gasteiger partial charge in [-0.05, 0) is 49.2 Å². The summed E-state index contributed by atoms with van der Waals surface area (Å²) in [7, 11) is 0. The molecule has 3 rings (SSSR count). The van der Waals surface area contributed by atoms with Crippen molar-refractivity contribution < 1.29 is 4.79 Å². The fourth-order valence-corrected chi connectivity index (χ4v) is 2.83. The number of carbonyl (C=O) groups is 1. The maximum atomic E-state index is 11.8. The molecular weight excluding hydrogens is 317 g/mol. The zero-order chi connectivity index (χ0) is 15.9. The van der Waals surface area contributed by atoms with Gasteiger partial charge in [-0.2, -0.15) is 0 Å². The van der Waals surface area contributed by atoms with Crippen LogP contribution in [0.4, 0.5) is 0 Å². The summed E-state index contributed by atoms with van der Waals surface area (Å²) in [5.41, 5.74) is 4.78. The number of hydrogen-bond donors (Lipinski definition) is 0. The number of carbonyl (C=O) groups excluding carboxylic acids is 1. The first-order chi connectivity index (χ1) is 10.5. The van der Waals surface area contributed by atoms with Crippen molar-refractivity contribution in [2.75, 3.05) is 0 Å². The summed E-state index contributed by atoms with van der Waals surface area (Å²) in [5.74, 6) is 0. The van der Waals surface area contributed by atoms with Gasteiger partial charge in [0.2, 0.25) is 0 Å². The number of nitrogens with zero attached hydrogens (tertiary/aromatic N) is 1. The molecule has 110 valence electrons. The topological polar surface area (TPSA) is 30.0 Å². The molecule has 22 heavy (non-hydrogen) atoms. The van der Waals surface area contributed by atoms with E-state index in [1.807, 2.05) is 38.1 Å². The Bertz CT molecular complexity index is 903. The van der Waals surface area contributed by atoms with Crippen molar-refractivity contribution in [2.45, 2.75) is 13.8 Å². The molecule has 0 unspecified atom stereocenters. The highest BCUT2D eigenvalue weighted by molar-refractivity contribution is 6.68. The zero-order valence-electron chi connectivity index (χ0n) is 12.2. The number of halogens is 2. The standard InChI is InChI=1S/C18H13Cl2NO/c1-10-4-3-5-12(8-10)16-9-14(18(20)22)13-6-7-15(19)11(2)17(13)21-16/h3-9H,1-2H3. The lowest BCUT2D eigenvalue weighted by molar-refractivity contribution is 0.108. The second-order valence-corrected chi connectivity index (χ2v) is 6.02. The normalized spacial score (nSPS) is 10.9. The van der Waals surface area contributed by atoms with Gasteiger partial charge in [-0.15, -0.1) is 0 Å². The van der Waals surface area contributed by atoms with Gasteiger partial charge in [-0.1, -0.05) is 41.4 Å². The number of fused-ring (bicyclic) bond motifs is 1. The van der Waals surface area contributed by atoms with Crippen molar-refractivity contribution in [3.63, 3.8) is 0 Å². The van der Waals surface area contributed by atoms with Crippen molar-refractivity contribution >= 4 is 39.3 Å². The molecule has 0 amide bonds. The summed E-state index contributed by atoms with van der Waals surface area (Å²) in [6, 6.07) is 13.2. The van der Waals surface area contributed by atoms with E-state index in [2.05, 4.69) is 0 Å². The average molecular weight is 330 g/mol. The van der Waals surface area contributed by atoms with Gasteiger partial charge in [-0.3, -0.25) is 4.79 Å². The minimum absolute atomic E-state index is 0.447. The van der Waals surface area contributed by atoms with Crippen LogP contribution in [-0.4, -0.2) is 10.2 Å². The second-order valence-electron chi connectivity index (χ2n) is 5.27. The number of benzene rings is 2. The third-order valence-corrected chi connectivity index (χ3v) is 4.31. The molecule has 4 heteroatoms. The molecule has 0 bridgehead atoms. The lowest BCUT2D eigenvalue weighted by atomic mass is 10.0. The highest BCUT2D eigenvalue weighted by Gasteiger charge is 2.14. The maximum absolute atomic E-state index is 11.8.